The highest BCUT2D eigenvalue weighted by atomic mass is 19.1. The van der Waals surface area contributed by atoms with E-state index in [-0.39, 0.29) is 34.9 Å². The van der Waals surface area contributed by atoms with E-state index in [9.17, 15) is 9.18 Å². The lowest BCUT2D eigenvalue weighted by atomic mass is 10.0. The van der Waals surface area contributed by atoms with Gasteiger partial charge in [-0.1, -0.05) is 0 Å². The minimum absolute atomic E-state index is 0.0337. The van der Waals surface area contributed by atoms with Gasteiger partial charge in [0.25, 0.3) is 5.91 Å². The fourth-order valence-corrected chi connectivity index (χ4v) is 4.74. The summed E-state index contributed by atoms with van der Waals surface area (Å²) >= 11 is 0. The third kappa shape index (κ3) is 3.17. The molecule has 34 heavy (non-hydrogen) atoms. The van der Waals surface area contributed by atoms with E-state index in [0.717, 1.165) is 19.4 Å². The fraction of sp³-hybridized carbons (Fsp3) is 0.318. The number of nitrogens with one attached hydrogen (secondary N) is 2. The summed E-state index contributed by atoms with van der Waals surface area (Å²) in [6.45, 7) is 1.39. The number of carbonyl (C=O) groups excluding carboxylic acids is 1. The zero-order valence-electron chi connectivity index (χ0n) is 18.3. The van der Waals surface area contributed by atoms with Crippen LogP contribution in [0.1, 0.15) is 23.5 Å². The van der Waals surface area contributed by atoms with Gasteiger partial charge in [0.2, 0.25) is 5.82 Å². The van der Waals surface area contributed by atoms with E-state index in [1.807, 2.05) is 0 Å². The van der Waals surface area contributed by atoms with E-state index in [4.69, 9.17) is 21.2 Å². The third-order valence-corrected chi connectivity index (χ3v) is 6.71. The zero-order chi connectivity index (χ0) is 23.6. The number of ether oxygens (including phenoxy) is 1. The summed E-state index contributed by atoms with van der Waals surface area (Å²) in [7, 11) is 1.73. The molecule has 4 heterocycles. The standard InChI is InChI=1S/C22H22FN9O2/c1-26-13-5-10(23)4-12-15-18(29-16(12)13)30-21(34-11-6-27-19(17(25)33)28-7-11)31-20(15)32-8-14(24)22(9-32)2-3-22/h4-7,14,26H,2-3,8-9,24H2,1H3,(H2,25,33)(H,29,30,31)/t14-/m0/s1. The van der Waals surface area contributed by atoms with Crippen LogP contribution in [0.5, 0.6) is 11.8 Å². The highest BCUT2D eigenvalue weighted by molar-refractivity contribution is 6.14. The van der Waals surface area contributed by atoms with Crippen LogP contribution < -0.4 is 26.4 Å². The van der Waals surface area contributed by atoms with Crippen LogP contribution >= 0.6 is 0 Å². The number of nitrogens with zero attached hydrogens (tertiary/aromatic N) is 5. The number of halogens is 1. The minimum Gasteiger partial charge on any atom is -0.421 e. The smallest absolute Gasteiger partial charge is 0.326 e. The van der Waals surface area contributed by atoms with Gasteiger partial charge in [0.15, 0.2) is 5.75 Å². The maximum absolute atomic E-state index is 14.5. The molecule has 3 aromatic heterocycles. The van der Waals surface area contributed by atoms with Crippen molar-refractivity contribution in [2.45, 2.75) is 18.9 Å². The van der Waals surface area contributed by atoms with Crippen molar-refractivity contribution in [3.8, 4) is 11.8 Å². The molecule has 1 amide bonds. The van der Waals surface area contributed by atoms with E-state index >= 15 is 0 Å². The highest BCUT2D eigenvalue weighted by Crippen LogP contribution is 2.53. The fourth-order valence-electron chi connectivity index (χ4n) is 4.74. The second-order valence-corrected chi connectivity index (χ2v) is 8.86. The quantitative estimate of drug-likeness (QED) is 0.346. The summed E-state index contributed by atoms with van der Waals surface area (Å²) in [4.78, 5) is 33.6. The van der Waals surface area contributed by atoms with E-state index in [2.05, 4.69) is 30.2 Å². The molecule has 4 aromatic rings. The molecule has 0 unspecified atom stereocenters. The first-order valence-corrected chi connectivity index (χ1v) is 10.9. The number of hydrogen-bond donors (Lipinski definition) is 4. The molecule has 0 radical (unpaired) electrons. The summed E-state index contributed by atoms with van der Waals surface area (Å²) in [5.74, 6) is -0.371. The van der Waals surface area contributed by atoms with Gasteiger partial charge in [0.1, 0.15) is 17.3 Å². The van der Waals surface area contributed by atoms with Crippen molar-refractivity contribution in [2.24, 2.45) is 16.9 Å². The number of nitrogens with two attached hydrogens (primary N) is 2. The Kier molecular flexibility index (Phi) is 4.36. The Morgan fingerprint density at radius 1 is 1.29 bits per heavy atom. The van der Waals surface area contributed by atoms with Crippen LogP contribution in [0.15, 0.2) is 24.5 Å². The Morgan fingerprint density at radius 3 is 2.71 bits per heavy atom. The van der Waals surface area contributed by atoms with Crippen molar-refractivity contribution < 1.29 is 13.9 Å². The van der Waals surface area contributed by atoms with E-state index in [0.29, 0.717) is 40.0 Å². The number of hydrogen-bond acceptors (Lipinski definition) is 9. The summed E-state index contributed by atoms with van der Waals surface area (Å²) in [5.41, 5.74) is 13.6. The zero-order valence-corrected chi connectivity index (χ0v) is 18.3. The second kappa shape index (κ2) is 7.22. The molecular formula is C22H22FN9O2. The molecular weight excluding hydrogens is 441 g/mol. The number of benzene rings is 1. The molecule has 12 heteroatoms. The molecule has 1 spiro atoms. The van der Waals surface area contributed by atoms with Crippen molar-refractivity contribution in [3.63, 3.8) is 0 Å². The van der Waals surface area contributed by atoms with Gasteiger partial charge >= 0.3 is 6.01 Å². The van der Waals surface area contributed by atoms with Crippen LogP contribution in [-0.2, 0) is 0 Å². The Hall–Kier alpha value is -4.06. The molecule has 1 aliphatic heterocycles. The predicted octanol–water partition coefficient (Wildman–Crippen LogP) is 1.90. The Morgan fingerprint density at radius 2 is 2.06 bits per heavy atom. The number of primary amides is 1. The van der Waals surface area contributed by atoms with Gasteiger partial charge in [-0.3, -0.25) is 4.79 Å². The van der Waals surface area contributed by atoms with Crippen molar-refractivity contribution in [3.05, 3.63) is 36.2 Å². The largest absolute Gasteiger partial charge is 0.421 e. The number of carbonyl (C=O) groups is 1. The van der Waals surface area contributed by atoms with Crippen LogP contribution in [0.25, 0.3) is 21.9 Å². The molecule has 1 saturated carbocycles. The number of anilines is 2. The van der Waals surface area contributed by atoms with Crippen LogP contribution in [0.2, 0.25) is 0 Å². The molecule has 2 aliphatic rings. The Balaban J connectivity index is 1.50. The molecule has 1 atom stereocenters. The van der Waals surface area contributed by atoms with Gasteiger partial charge in [0, 0.05) is 37.0 Å². The van der Waals surface area contributed by atoms with Gasteiger partial charge < -0.3 is 31.4 Å². The maximum atomic E-state index is 14.5. The molecule has 1 aliphatic carbocycles. The van der Waals surface area contributed by atoms with Crippen molar-refractivity contribution in [1.29, 1.82) is 0 Å². The van der Waals surface area contributed by atoms with Crippen LogP contribution in [-0.4, -0.2) is 57.0 Å². The SMILES string of the molecule is CNc1cc(F)cc2c1[nH]c1nc(Oc3cnc(C(N)=O)nc3)nc(N3C[C@H](N)C4(CC4)C3)c12. The molecule has 6 N–H and O–H groups in total. The van der Waals surface area contributed by atoms with Gasteiger partial charge in [0.05, 0.1) is 29.0 Å². The molecule has 174 valence electrons. The van der Waals surface area contributed by atoms with E-state index in [1.54, 1.807) is 7.05 Å². The Bertz CT molecular complexity index is 1450. The van der Waals surface area contributed by atoms with Gasteiger partial charge in [-0.25, -0.2) is 14.4 Å². The maximum Gasteiger partial charge on any atom is 0.326 e. The van der Waals surface area contributed by atoms with Crippen molar-refractivity contribution >= 4 is 39.3 Å². The number of rotatable bonds is 5. The van der Waals surface area contributed by atoms with Crippen LogP contribution in [0.3, 0.4) is 0 Å². The number of aromatic nitrogens is 5. The highest BCUT2D eigenvalue weighted by Gasteiger charge is 2.54. The molecule has 1 aromatic carbocycles. The lowest BCUT2D eigenvalue weighted by Gasteiger charge is -2.19. The monoisotopic (exact) mass is 463 g/mol. The lowest BCUT2D eigenvalue weighted by molar-refractivity contribution is 0.0990. The molecule has 1 saturated heterocycles. The van der Waals surface area contributed by atoms with Crippen molar-refractivity contribution in [1.82, 2.24) is 24.9 Å². The van der Waals surface area contributed by atoms with Crippen LogP contribution in [0, 0.1) is 11.2 Å². The molecule has 11 nitrogen and oxygen atoms in total. The average molecular weight is 463 g/mol. The summed E-state index contributed by atoms with van der Waals surface area (Å²) in [6, 6.07) is 2.99. The van der Waals surface area contributed by atoms with E-state index in [1.165, 1.54) is 24.5 Å². The first-order chi connectivity index (χ1) is 16.4. The van der Waals surface area contributed by atoms with E-state index < -0.39 is 5.91 Å². The second-order valence-electron chi connectivity index (χ2n) is 8.86. The van der Waals surface area contributed by atoms with Gasteiger partial charge in [-0.2, -0.15) is 9.97 Å². The van der Waals surface area contributed by atoms with Gasteiger partial charge in [-0.05, 0) is 25.0 Å². The topological polar surface area (TPSA) is 161 Å². The Labute approximate surface area is 192 Å². The number of H-pyrrole nitrogens is 1. The summed E-state index contributed by atoms with van der Waals surface area (Å²) in [6.07, 6.45) is 4.81. The molecule has 2 fully saturated rings. The lowest BCUT2D eigenvalue weighted by Crippen LogP contribution is -2.30. The minimum atomic E-state index is -0.739. The van der Waals surface area contributed by atoms with Gasteiger partial charge in [-0.15, -0.1) is 0 Å². The third-order valence-electron chi connectivity index (χ3n) is 6.71. The number of fused-ring (bicyclic) bond motifs is 3. The predicted molar refractivity (Wildman–Crippen MR) is 123 cm³/mol. The van der Waals surface area contributed by atoms with Crippen molar-refractivity contribution in [2.75, 3.05) is 30.4 Å². The summed E-state index contributed by atoms with van der Waals surface area (Å²) < 4.78 is 20.3. The first kappa shape index (κ1) is 20.5. The number of amides is 1. The molecule has 0 bridgehead atoms. The average Bonchev–Trinajstić information content (AvgIpc) is 3.40. The summed E-state index contributed by atoms with van der Waals surface area (Å²) in [5, 5.41) is 4.39. The first-order valence-electron chi connectivity index (χ1n) is 10.9. The van der Waals surface area contributed by atoms with Crippen LogP contribution in [0.4, 0.5) is 15.9 Å². The number of aromatic amines is 1. The normalized spacial score (nSPS) is 18.7. The molecule has 6 rings (SSSR count).